The van der Waals surface area contributed by atoms with Gasteiger partial charge in [-0.05, 0) is 41.0 Å². The fourth-order valence-corrected chi connectivity index (χ4v) is 3.36. The molecule has 0 aliphatic carbocycles. The zero-order valence-corrected chi connectivity index (χ0v) is 15.5. The number of anilines is 1. The first kappa shape index (κ1) is 17.3. The predicted octanol–water partition coefficient (Wildman–Crippen LogP) is 5.94. The fraction of sp³-hybridized carbons (Fsp3) is 0.174. The molecule has 0 bridgehead atoms. The van der Waals surface area contributed by atoms with Crippen LogP contribution in [0.15, 0.2) is 72.9 Å². The molecule has 0 radical (unpaired) electrons. The molecule has 1 unspecified atom stereocenters. The molecule has 0 amide bonds. The molecule has 1 heterocycles. The van der Waals surface area contributed by atoms with Gasteiger partial charge in [-0.15, -0.1) is 0 Å². The molecule has 0 fully saturated rings. The second kappa shape index (κ2) is 7.23. The van der Waals surface area contributed by atoms with Crippen molar-refractivity contribution in [3.63, 3.8) is 0 Å². The van der Waals surface area contributed by atoms with Crippen molar-refractivity contribution >= 4 is 16.7 Å². The summed E-state index contributed by atoms with van der Waals surface area (Å²) in [5.74, 6) is 0.582. The van der Waals surface area contributed by atoms with Crippen molar-refractivity contribution in [3.8, 4) is 11.3 Å². The van der Waals surface area contributed by atoms with Crippen LogP contribution < -0.4 is 5.32 Å². The topological polar surface area (TPSA) is 29.9 Å². The third-order valence-corrected chi connectivity index (χ3v) is 4.91. The van der Waals surface area contributed by atoms with E-state index < -0.39 is 0 Å². The van der Waals surface area contributed by atoms with Crippen LogP contribution in [0.2, 0.25) is 0 Å². The molecule has 0 saturated carbocycles. The van der Waals surface area contributed by atoms with Crippen molar-refractivity contribution in [1.82, 2.24) is 9.55 Å². The number of hydrogen-bond donors (Lipinski definition) is 1. The summed E-state index contributed by atoms with van der Waals surface area (Å²) in [6.45, 7) is 2.11. The summed E-state index contributed by atoms with van der Waals surface area (Å²) in [6, 6.07) is 21.4. The minimum atomic E-state index is -0.218. The van der Waals surface area contributed by atoms with Crippen molar-refractivity contribution in [1.29, 1.82) is 0 Å². The van der Waals surface area contributed by atoms with Crippen LogP contribution in [0, 0.1) is 5.82 Å². The Kier molecular flexibility index (Phi) is 4.63. The van der Waals surface area contributed by atoms with E-state index in [1.54, 1.807) is 0 Å². The van der Waals surface area contributed by atoms with E-state index in [0.717, 1.165) is 29.2 Å². The van der Waals surface area contributed by atoms with E-state index in [9.17, 15) is 4.39 Å². The SMILES string of the molecule is CCC(Nc1nc(-c2ccc3ccccc3c2)cn1C)c1ccc(F)cc1. The Morgan fingerprint density at radius 3 is 2.48 bits per heavy atom. The van der Waals surface area contributed by atoms with Crippen molar-refractivity contribution in [2.75, 3.05) is 5.32 Å². The van der Waals surface area contributed by atoms with Crippen LogP contribution in [0.4, 0.5) is 10.3 Å². The summed E-state index contributed by atoms with van der Waals surface area (Å²) in [5, 5.41) is 5.91. The number of nitrogens with zero attached hydrogens (tertiary/aromatic N) is 2. The first-order valence-corrected chi connectivity index (χ1v) is 9.18. The molecule has 27 heavy (non-hydrogen) atoms. The minimum absolute atomic E-state index is 0.0798. The summed E-state index contributed by atoms with van der Waals surface area (Å²) < 4.78 is 15.2. The molecule has 1 aromatic heterocycles. The van der Waals surface area contributed by atoms with Crippen LogP contribution in [0.1, 0.15) is 24.9 Å². The first-order chi connectivity index (χ1) is 13.1. The predicted molar refractivity (Wildman–Crippen MR) is 109 cm³/mol. The van der Waals surface area contributed by atoms with Crippen molar-refractivity contribution in [3.05, 3.63) is 84.3 Å². The molecule has 0 aliphatic heterocycles. The normalized spacial score (nSPS) is 12.3. The van der Waals surface area contributed by atoms with E-state index in [1.807, 2.05) is 42.1 Å². The number of nitrogens with one attached hydrogen (secondary N) is 1. The van der Waals surface area contributed by atoms with E-state index in [4.69, 9.17) is 4.98 Å². The van der Waals surface area contributed by atoms with Gasteiger partial charge in [-0.25, -0.2) is 9.37 Å². The number of fused-ring (bicyclic) bond motifs is 1. The van der Waals surface area contributed by atoms with Gasteiger partial charge in [-0.2, -0.15) is 0 Å². The number of benzene rings is 3. The van der Waals surface area contributed by atoms with Crippen LogP contribution in [-0.2, 0) is 7.05 Å². The Balaban J connectivity index is 1.62. The molecular weight excluding hydrogens is 337 g/mol. The monoisotopic (exact) mass is 359 g/mol. The average Bonchev–Trinajstić information content (AvgIpc) is 3.07. The molecule has 0 aliphatic rings. The lowest BCUT2D eigenvalue weighted by Gasteiger charge is -2.18. The molecule has 4 rings (SSSR count). The van der Waals surface area contributed by atoms with Gasteiger partial charge in [0.1, 0.15) is 5.82 Å². The molecule has 136 valence electrons. The van der Waals surface area contributed by atoms with Gasteiger partial charge in [0.05, 0.1) is 11.7 Å². The molecule has 1 N–H and O–H groups in total. The van der Waals surface area contributed by atoms with Gasteiger partial charge in [-0.1, -0.05) is 55.5 Å². The number of imidazole rings is 1. The maximum atomic E-state index is 13.2. The molecule has 3 aromatic carbocycles. The van der Waals surface area contributed by atoms with Gasteiger partial charge in [0, 0.05) is 18.8 Å². The molecule has 0 saturated heterocycles. The van der Waals surface area contributed by atoms with Gasteiger partial charge in [0.15, 0.2) is 0 Å². The molecular formula is C23H22FN3. The summed E-state index contributed by atoms with van der Waals surface area (Å²) in [6.07, 6.45) is 2.91. The van der Waals surface area contributed by atoms with Gasteiger partial charge in [0.25, 0.3) is 0 Å². The smallest absolute Gasteiger partial charge is 0.203 e. The number of aryl methyl sites for hydroxylation is 1. The Labute approximate surface area is 158 Å². The first-order valence-electron chi connectivity index (χ1n) is 9.18. The quantitative estimate of drug-likeness (QED) is 0.478. The average molecular weight is 359 g/mol. The number of halogens is 1. The molecule has 0 spiro atoms. The van der Waals surface area contributed by atoms with Crippen molar-refractivity contribution in [2.45, 2.75) is 19.4 Å². The van der Waals surface area contributed by atoms with Crippen LogP contribution in [0.25, 0.3) is 22.0 Å². The third-order valence-electron chi connectivity index (χ3n) is 4.91. The van der Waals surface area contributed by atoms with Crippen LogP contribution in [0.3, 0.4) is 0 Å². The Morgan fingerprint density at radius 2 is 1.74 bits per heavy atom. The lowest BCUT2D eigenvalue weighted by atomic mass is 10.0. The van der Waals surface area contributed by atoms with E-state index in [-0.39, 0.29) is 11.9 Å². The summed E-state index contributed by atoms with van der Waals surface area (Å²) in [5.41, 5.74) is 3.07. The molecule has 4 aromatic rings. The number of aromatic nitrogens is 2. The Hall–Kier alpha value is -3.14. The van der Waals surface area contributed by atoms with E-state index in [1.165, 1.54) is 22.9 Å². The lowest BCUT2D eigenvalue weighted by molar-refractivity contribution is 0.625. The lowest BCUT2D eigenvalue weighted by Crippen LogP contribution is -2.12. The Bertz CT molecular complexity index is 1070. The van der Waals surface area contributed by atoms with Crippen molar-refractivity contribution < 1.29 is 4.39 Å². The van der Waals surface area contributed by atoms with Gasteiger partial charge >= 0.3 is 0 Å². The Morgan fingerprint density at radius 1 is 1.00 bits per heavy atom. The third kappa shape index (κ3) is 3.56. The molecule has 4 heteroatoms. The molecule has 3 nitrogen and oxygen atoms in total. The summed E-state index contributed by atoms with van der Waals surface area (Å²) >= 11 is 0. The summed E-state index contributed by atoms with van der Waals surface area (Å²) in [4.78, 5) is 4.80. The van der Waals surface area contributed by atoms with Crippen LogP contribution in [-0.4, -0.2) is 9.55 Å². The van der Waals surface area contributed by atoms with E-state index in [2.05, 4.69) is 42.6 Å². The highest BCUT2D eigenvalue weighted by molar-refractivity contribution is 5.86. The highest BCUT2D eigenvalue weighted by Gasteiger charge is 2.14. The standard InChI is InChI=1S/C23H22FN3/c1-3-21(17-10-12-20(24)13-11-17)25-23-26-22(15-27(23)2)19-9-8-16-6-4-5-7-18(16)14-19/h4-15,21H,3H2,1-2H3,(H,25,26). The van der Waals surface area contributed by atoms with Crippen LogP contribution in [0.5, 0.6) is 0 Å². The van der Waals surface area contributed by atoms with Gasteiger partial charge < -0.3 is 9.88 Å². The number of rotatable bonds is 5. The largest absolute Gasteiger partial charge is 0.349 e. The van der Waals surface area contributed by atoms with Crippen LogP contribution >= 0.6 is 0 Å². The zero-order chi connectivity index (χ0) is 18.8. The number of hydrogen-bond acceptors (Lipinski definition) is 2. The minimum Gasteiger partial charge on any atom is -0.349 e. The second-order valence-corrected chi connectivity index (χ2v) is 6.78. The fourth-order valence-electron chi connectivity index (χ4n) is 3.36. The zero-order valence-electron chi connectivity index (χ0n) is 15.5. The highest BCUT2D eigenvalue weighted by atomic mass is 19.1. The van der Waals surface area contributed by atoms with E-state index >= 15 is 0 Å². The van der Waals surface area contributed by atoms with Crippen molar-refractivity contribution in [2.24, 2.45) is 7.05 Å². The van der Waals surface area contributed by atoms with E-state index in [0.29, 0.717) is 0 Å². The maximum absolute atomic E-state index is 13.2. The van der Waals surface area contributed by atoms with Gasteiger partial charge in [0.2, 0.25) is 5.95 Å². The summed E-state index contributed by atoms with van der Waals surface area (Å²) in [7, 11) is 1.98. The van der Waals surface area contributed by atoms with Gasteiger partial charge in [-0.3, -0.25) is 0 Å². The maximum Gasteiger partial charge on any atom is 0.203 e. The second-order valence-electron chi connectivity index (χ2n) is 6.78. The molecule has 1 atom stereocenters. The highest BCUT2D eigenvalue weighted by Crippen LogP contribution is 2.27.